The molecule has 0 saturated heterocycles. The molecule has 0 aliphatic rings. The largest absolute Gasteiger partial charge is 0.316 e. The van der Waals surface area contributed by atoms with E-state index in [0.29, 0.717) is 6.54 Å². The van der Waals surface area contributed by atoms with Crippen LogP contribution in [-0.4, -0.2) is 33.3 Å². The van der Waals surface area contributed by atoms with Crippen molar-refractivity contribution in [1.29, 1.82) is 0 Å². The Hall–Kier alpha value is -0.130. The van der Waals surface area contributed by atoms with Crippen molar-refractivity contribution in [1.82, 2.24) is 10.0 Å². The fourth-order valence-electron chi connectivity index (χ4n) is 1.15. The molecule has 0 aliphatic carbocycles. The molecule has 14 heavy (non-hydrogen) atoms. The molecule has 0 atom stereocenters. The Bertz CT molecular complexity index is 223. The van der Waals surface area contributed by atoms with Crippen molar-refractivity contribution >= 4 is 10.0 Å². The van der Waals surface area contributed by atoms with Gasteiger partial charge in [0.15, 0.2) is 0 Å². The van der Waals surface area contributed by atoms with Crippen LogP contribution in [-0.2, 0) is 10.0 Å². The smallest absolute Gasteiger partial charge is 0.213 e. The lowest BCUT2D eigenvalue weighted by Gasteiger charge is -2.14. The molecule has 0 fully saturated rings. The minimum Gasteiger partial charge on any atom is -0.316 e. The monoisotopic (exact) mass is 222 g/mol. The Morgan fingerprint density at radius 3 is 2.14 bits per heavy atom. The van der Waals surface area contributed by atoms with Gasteiger partial charge < -0.3 is 5.32 Å². The number of hydrogen-bond donors (Lipinski definition) is 2. The van der Waals surface area contributed by atoms with Crippen LogP contribution in [0.15, 0.2) is 0 Å². The van der Waals surface area contributed by atoms with Gasteiger partial charge >= 0.3 is 0 Å². The molecule has 0 aromatic rings. The predicted molar refractivity (Wildman–Crippen MR) is 59.8 cm³/mol. The summed E-state index contributed by atoms with van der Waals surface area (Å²) in [5.74, 6) is 0.164. The number of hydrogen-bond acceptors (Lipinski definition) is 3. The highest BCUT2D eigenvalue weighted by Gasteiger charge is 2.14. The summed E-state index contributed by atoms with van der Waals surface area (Å²) in [6.07, 6.45) is 1.69. The van der Waals surface area contributed by atoms with Crippen LogP contribution in [0, 0.1) is 0 Å². The van der Waals surface area contributed by atoms with Gasteiger partial charge in [0.1, 0.15) is 0 Å². The highest BCUT2D eigenvalue weighted by Crippen LogP contribution is 1.98. The molecule has 86 valence electrons. The summed E-state index contributed by atoms with van der Waals surface area (Å²) >= 11 is 0. The van der Waals surface area contributed by atoms with Gasteiger partial charge in [0.2, 0.25) is 10.0 Å². The number of rotatable bonds is 8. The molecular weight excluding hydrogens is 200 g/mol. The van der Waals surface area contributed by atoms with Crippen LogP contribution in [0.4, 0.5) is 0 Å². The second-order valence-corrected chi connectivity index (χ2v) is 5.18. The molecule has 0 aromatic heterocycles. The van der Waals surface area contributed by atoms with Gasteiger partial charge in [-0.1, -0.05) is 20.8 Å². The first-order valence-electron chi connectivity index (χ1n) is 5.26. The average molecular weight is 222 g/mol. The van der Waals surface area contributed by atoms with Crippen LogP contribution >= 0.6 is 0 Å². The summed E-state index contributed by atoms with van der Waals surface area (Å²) in [5, 5.41) is 2.99. The van der Waals surface area contributed by atoms with Crippen molar-refractivity contribution in [3.05, 3.63) is 0 Å². The average Bonchev–Trinajstić information content (AvgIpc) is 2.14. The van der Waals surface area contributed by atoms with Crippen LogP contribution in [0.2, 0.25) is 0 Å². The van der Waals surface area contributed by atoms with Crippen LogP contribution < -0.4 is 10.0 Å². The van der Waals surface area contributed by atoms with Gasteiger partial charge in [-0.05, 0) is 19.4 Å². The Balaban J connectivity index is 3.93. The summed E-state index contributed by atoms with van der Waals surface area (Å²) in [5.41, 5.74) is 0. The predicted octanol–water partition coefficient (Wildman–Crippen LogP) is 0.704. The van der Waals surface area contributed by atoms with Crippen molar-refractivity contribution < 1.29 is 8.42 Å². The van der Waals surface area contributed by atoms with Gasteiger partial charge in [0.05, 0.1) is 5.75 Å². The lowest BCUT2D eigenvalue weighted by Crippen LogP contribution is -2.38. The molecular formula is C9H22N2O2S. The first-order valence-corrected chi connectivity index (χ1v) is 6.91. The second-order valence-electron chi connectivity index (χ2n) is 3.30. The van der Waals surface area contributed by atoms with Gasteiger partial charge in [-0.15, -0.1) is 0 Å². The molecule has 0 spiro atoms. The maximum Gasteiger partial charge on any atom is 0.213 e. The Labute approximate surface area is 87.5 Å². The highest BCUT2D eigenvalue weighted by atomic mass is 32.2. The lowest BCUT2D eigenvalue weighted by atomic mass is 10.2. The topological polar surface area (TPSA) is 58.2 Å². The van der Waals surface area contributed by atoms with Crippen molar-refractivity contribution in [2.75, 3.05) is 18.8 Å². The maximum atomic E-state index is 11.5. The van der Waals surface area contributed by atoms with Gasteiger partial charge in [0, 0.05) is 12.6 Å². The standard InChI is InChI=1S/C9H22N2O2S/c1-4-9(5-2)11-14(12,13)8-7-10-6-3/h9-11H,4-8H2,1-3H3. The summed E-state index contributed by atoms with van der Waals surface area (Å²) in [6, 6.07) is 0.0848. The zero-order valence-electron chi connectivity index (χ0n) is 9.34. The van der Waals surface area contributed by atoms with Crippen LogP contribution in [0.5, 0.6) is 0 Å². The second kappa shape index (κ2) is 7.20. The molecule has 0 amide bonds. The van der Waals surface area contributed by atoms with E-state index in [0.717, 1.165) is 19.4 Å². The third-order valence-electron chi connectivity index (χ3n) is 2.13. The summed E-state index contributed by atoms with van der Waals surface area (Å²) in [6.45, 7) is 7.26. The molecule has 2 N–H and O–H groups in total. The molecule has 0 saturated carbocycles. The summed E-state index contributed by atoms with van der Waals surface area (Å²) < 4.78 is 25.6. The zero-order valence-corrected chi connectivity index (χ0v) is 10.2. The zero-order chi connectivity index (χ0) is 11.0. The molecule has 0 heterocycles. The van der Waals surface area contributed by atoms with Crippen LogP contribution in [0.3, 0.4) is 0 Å². The van der Waals surface area contributed by atoms with E-state index in [1.165, 1.54) is 0 Å². The SMILES string of the molecule is CCNCCS(=O)(=O)NC(CC)CC. The van der Waals surface area contributed by atoms with Gasteiger partial charge in [0.25, 0.3) is 0 Å². The van der Waals surface area contributed by atoms with E-state index in [1.54, 1.807) is 0 Å². The maximum absolute atomic E-state index is 11.5. The van der Waals surface area contributed by atoms with Gasteiger partial charge in [-0.25, -0.2) is 13.1 Å². The third-order valence-corrected chi connectivity index (χ3v) is 3.56. The third kappa shape index (κ3) is 6.34. The van der Waals surface area contributed by atoms with Crippen LogP contribution in [0.1, 0.15) is 33.6 Å². The first-order chi connectivity index (χ1) is 6.55. The summed E-state index contributed by atoms with van der Waals surface area (Å²) in [4.78, 5) is 0. The van der Waals surface area contributed by atoms with Crippen LogP contribution in [0.25, 0.3) is 0 Å². The minimum atomic E-state index is -3.09. The van der Waals surface area contributed by atoms with Crippen molar-refractivity contribution in [2.24, 2.45) is 0 Å². The number of nitrogens with one attached hydrogen (secondary N) is 2. The van der Waals surface area contributed by atoms with E-state index in [4.69, 9.17) is 0 Å². The fraction of sp³-hybridized carbons (Fsp3) is 1.00. The van der Waals surface area contributed by atoms with E-state index >= 15 is 0 Å². The van der Waals surface area contributed by atoms with Gasteiger partial charge in [-0.2, -0.15) is 0 Å². The molecule has 5 heteroatoms. The molecule has 4 nitrogen and oxygen atoms in total. The van der Waals surface area contributed by atoms with E-state index < -0.39 is 10.0 Å². The van der Waals surface area contributed by atoms with Gasteiger partial charge in [-0.3, -0.25) is 0 Å². The normalized spacial score (nSPS) is 12.3. The molecule has 0 rings (SSSR count). The lowest BCUT2D eigenvalue weighted by molar-refractivity contribution is 0.528. The Morgan fingerprint density at radius 2 is 1.71 bits per heavy atom. The Kier molecular flexibility index (Phi) is 7.13. The Morgan fingerprint density at radius 1 is 1.14 bits per heavy atom. The number of sulfonamides is 1. The van der Waals surface area contributed by atoms with E-state index in [9.17, 15) is 8.42 Å². The van der Waals surface area contributed by atoms with E-state index in [2.05, 4.69) is 10.0 Å². The summed E-state index contributed by atoms with van der Waals surface area (Å²) in [7, 11) is -3.09. The molecule has 0 aromatic carbocycles. The molecule has 0 radical (unpaired) electrons. The molecule has 0 aliphatic heterocycles. The minimum absolute atomic E-state index is 0.0848. The van der Waals surface area contributed by atoms with E-state index in [-0.39, 0.29) is 11.8 Å². The van der Waals surface area contributed by atoms with Crippen molar-refractivity contribution in [3.8, 4) is 0 Å². The first kappa shape index (κ1) is 13.9. The van der Waals surface area contributed by atoms with Crippen molar-refractivity contribution in [3.63, 3.8) is 0 Å². The highest BCUT2D eigenvalue weighted by molar-refractivity contribution is 7.89. The molecule has 0 bridgehead atoms. The fourth-order valence-corrected chi connectivity index (χ4v) is 2.52. The molecule has 0 unspecified atom stereocenters. The quantitative estimate of drug-likeness (QED) is 0.595. The van der Waals surface area contributed by atoms with Crippen molar-refractivity contribution in [2.45, 2.75) is 39.7 Å². The van der Waals surface area contributed by atoms with E-state index in [1.807, 2.05) is 20.8 Å².